The summed E-state index contributed by atoms with van der Waals surface area (Å²) in [6, 6.07) is 12.2. The number of aromatic nitrogens is 5. The van der Waals surface area contributed by atoms with Gasteiger partial charge in [0.2, 0.25) is 5.91 Å². The SMILES string of the molecule is CC(=O)Nc1nc(C)c(NS(=O)(=O)c2ccc(Cc3nc4c([nH]3)c(=O)n(Cc3ccccc3F)c(=O)n4CC3CC3)cc2)s1. The maximum Gasteiger partial charge on any atom is 0.333 e. The number of aromatic amines is 1. The van der Waals surface area contributed by atoms with E-state index in [2.05, 4.69) is 25.0 Å². The summed E-state index contributed by atoms with van der Waals surface area (Å²) in [5.74, 6) is -0.0864. The molecule has 3 aromatic heterocycles. The Kier molecular flexibility index (Phi) is 7.67. The van der Waals surface area contributed by atoms with Gasteiger partial charge >= 0.3 is 5.69 Å². The third kappa shape index (κ3) is 6.05. The molecule has 3 N–H and O–H groups in total. The summed E-state index contributed by atoms with van der Waals surface area (Å²) in [6.45, 7) is 3.17. The molecule has 0 radical (unpaired) electrons. The molecule has 1 aliphatic carbocycles. The van der Waals surface area contributed by atoms with E-state index in [9.17, 15) is 27.2 Å². The molecule has 0 bridgehead atoms. The van der Waals surface area contributed by atoms with E-state index in [4.69, 9.17) is 0 Å². The number of benzene rings is 2. The van der Waals surface area contributed by atoms with Gasteiger partial charge in [-0.05, 0) is 49.4 Å². The average molecular weight is 638 g/mol. The molecule has 228 valence electrons. The van der Waals surface area contributed by atoms with Crippen LogP contribution < -0.4 is 21.3 Å². The summed E-state index contributed by atoms with van der Waals surface area (Å²) in [6.07, 6.45) is 2.18. The second-order valence-electron chi connectivity index (χ2n) is 10.7. The van der Waals surface area contributed by atoms with Crippen LogP contribution in [0, 0.1) is 18.7 Å². The Morgan fingerprint density at radius 3 is 2.50 bits per heavy atom. The molecule has 0 unspecified atom stereocenters. The van der Waals surface area contributed by atoms with Crippen molar-refractivity contribution in [3.63, 3.8) is 0 Å². The minimum absolute atomic E-state index is 0.0223. The zero-order valence-corrected chi connectivity index (χ0v) is 25.4. The highest BCUT2D eigenvalue weighted by molar-refractivity contribution is 7.93. The van der Waals surface area contributed by atoms with E-state index in [1.807, 2.05) is 0 Å². The number of aryl methyl sites for hydroxylation is 1. The largest absolute Gasteiger partial charge is 0.336 e. The smallest absolute Gasteiger partial charge is 0.333 e. The molecule has 0 spiro atoms. The number of thiazole rings is 1. The van der Waals surface area contributed by atoms with Crippen LogP contribution in [0.25, 0.3) is 11.2 Å². The van der Waals surface area contributed by atoms with E-state index >= 15 is 0 Å². The van der Waals surface area contributed by atoms with Crippen molar-refractivity contribution in [1.82, 2.24) is 24.1 Å². The van der Waals surface area contributed by atoms with Gasteiger partial charge in [0.05, 0.1) is 17.1 Å². The van der Waals surface area contributed by atoms with Crippen molar-refractivity contribution in [1.29, 1.82) is 0 Å². The number of fused-ring (bicyclic) bond motifs is 1. The summed E-state index contributed by atoms with van der Waals surface area (Å²) >= 11 is 1.01. The summed E-state index contributed by atoms with van der Waals surface area (Å²) in [7, 11) is -3.94. The fourth-order valence-corrected chi connectivity index (χ4v) is 7.08. The summed E-state index contributed by atoms with van der Waals surface area (Å²) < 4.78 is 45.5. The molecule has 3 heterocycles. The number of sulfonamides is 1. The molecule has 1 fully saturated rings. The number of anilines is 2. The van der Waals surface area contributed by atoms with Crippen molar-refractivity contribution in [3.05, 3.63) is 97.8 Å². The average Bonchev–Trinajstić information content (AvgIpc) is 3.60. The van der Waals surface area contributed by atoms with E-state index in [0.29, 0.717) is 29.5 Å². The van der Waals surface area contributed by atoms with E-state index < -0.39 is 27.1 Å². The van der Waals surface area contributed by atoms with Gasteiger partial charge in [-0.3, -0.25) is 23.4 Å². The molecule has 0 saturated heterocycles. The quantitative estimate of drug-likeness (QED) is 0.211. The molecule has 6 rings (SSSR count). The first-order chi connectivity index (χ1) is 21.0. The van der Waals surface area contributed by atoms with Crippen molar-refractivity contribution < 1.29 is 17.6 Å². The lowest BCUT2D eigenvalue weighted by Gasteiger charge is -2.11. The number of hydrogen-bond acceptors (Lipinski definition) is 8. The van der Waals surface area contributed by atoms with Gasteiger partial charge in [0.1, 0.15) is 22.2 Å². The topological polar surface area (TPSA) is 161 Å². The van der Waals surface area contributed by atoms with E-state index in [0.717, 1.165) is 28.7 Å². The van der Waals surface area contributed by atoms with Gasteiger partial charge < -0.3 is 10.3 Å². The monoisotopic (exact) mass is 637 g/mol. The highest BCUT2D eigenvalue weighted by Crippen LogP contribution is 2.31. The number of nitrogens with one attached hydrogen (secondary N) is 3. The number of H-pyrrole nitrogens is 1. The highest BCUT2D eigenvalue weighted by atomic mass is 32.2. The minimum Gasteiger partial charge on any atom is -0.336 e. The molecular weight excluding hydrogens is 609 g/mol. The molecule has 0 aliphatic heterocycles. The fraction of sp³-hybridized carbons (Fsp3) is 0.276. The minimum atomic E-state index is -3.94. The lowest BCUT2D eigenvalue weighted by molar-refractivity contribution is -0.114. The number of nitrogens with zero attached hydrogens (tertiary/aromatic N) is 4. The Labute approximate surface area is 254 Å². The van der Waals surface area contributed by atoms with Gasteiger partial charge in [-0.1, -0.05) is 41.7 Å². The molecule has 5 aromatic rings. The number of rotatable bonds is 10. The second kappa shape index (κ2) is 11.5. The third-order valence-corrected chi connectivity index (χ3v) is 9.73. The molecule has 1 aliphatic rings. The van der Waals surface area contributed by atoms with Gasteiger partial charge in [-0.2, -0.15) is 0 Å². The van der Waals surface area contributed by atoms with Crippen molar-refractivity contribution in [2.75, 3.05) is 10.0 Å². The number of hydrogen-bond donors (Lipinski definition) is 3. The Bertz CT molecular complexity index is 2130. The normalized spacial score (nSPS) is 13.3. The van der Waals surface area contributed by atoms with Crippen LogP contribution in [0.3, 0.4) is 0 Å². The van der Waals surface area contributed by atoms with E-state index in [-0.39, 0.29) is 50.6 Å². The molecule has 0 atom stereocenters. The number of amides is 1. The Morgan fingerprint density at radius 1 is 1.09 bits per heavy atom. The predicted octanol–water partition coefficient (Wildman–Crippen LogP) is 3.60. The predicted molar refractivity (Wildman–Crippen MR) is 164 cm³/mol. The zero-order chi connectivity index (χ0) is 31.2. The van der Waals surface area contributed by atoms with Crippen molar-refractivity contribution in [2.24, 2.45) is 5.92 Å². The summed E-state index contributed by atoms with van der Waals surface area (Å²) in [5, 5.41) is 3.12. The zero-order valence-electron chi connectivity index (χ0n) is 23.8. The van der Waals surface area contributed by atoms with Crippen LogP contribution in [-0.4, -0.2) is 38.4 Å². The van der Waals surface area contributed by atoms with Gasteiger partial charge in [0.25, 0.3) is 15.6 Å². The highest BCUT2D eigenvalue weighted by Gasteiger charge is 2.26. The molecular formula is C29H28FN7O5S2. The maximum absolute atomic E-state index is 14.4. The standard InChI is InChI=1S/C29H28FN7O5S2/c1-16-26(43-28(31-16)32-17(2)38)35-44(41,42)21-11-9-18(10-12-21)13-23-33-24-25(34-23)36(14-19-7-8-19)29(40)37(27(24)39)15-20-5-3-4-6-22(20)30/h3-6,9-12,19,35H,7-8,13-15H2,1-2H3,(H,33,34)(H,31,32,38). The van der Waals surface area contributed by atoms with Crippen LogP contribution in [0.1, 0.15) is 42.4 Å². The van der Waals surface area contributed by atoms with Crippen LogP contribution in [-0.2, 0) is 34.3 Å². The third-order valence-electron chi connectivity index (χ3n) is 7.25. The van der Waals surface area contributed by atoms with Gasteiger partial charge in [-0.15, -0.1) is 0 Å². The van der Waals surface area contributed by atoms with Crippen LogP contribution in [0.4, 0.5) is 14.5 Å². The first kappa shape index (κ1) is 29.4. The van der Waals surface area contributed by atoms with Crippen LogP contribution in [0.15, 0.2) is 63.0 Å². The van der Waals surface area contributed by atoms with Crippen LogP contribution in [0.5, 0.6) is 0 Å². The van der Waals surface area contributed by atoms with E-state index in [1.54, 1.807) is 31.2 Å². The van der Waals surface area contributed by atoms with Crippen LogP contribution >= 0.6 is 11.3 Å². The lowest BCUT2D eigenvalue weighted by atomic mass is 10.1. The molecule has 2 aromatic carbocycles. The lowest BCUT2D eigenvalue weighted by Crippen LogP contribution is -2.40. The maximum atomic E-state index is 14.4. The first-order valence-electron chi connectivity index (χ1n) is 13.8. The van der Waals surface area contributed by atoms with Gasteiger partial charge in [0, 0.05) is 25.5 Å². The number of carbonyl (C=O) groups excluding carboxylic acids is 1. The Hall–Kier alpha value is -4.63. The van der Waals surface area contributed by atoms with Crippen molar-refractivity contribution in [2.45, 2.75) is 51.1 Å². The first-order valence-corrected chi connectivity index (χ1v) is 16.1. The van der Waals surface area contributed by atoms with Crippen LogP contribution in [0.2, 0.25) is 0 Å². The Morgan fingerprint density at radius 2 is 1.82 bits per heavy atom. The number of imidazole rings is 1. The number of carbonyl (C=O) groups is 1. The Balaban J connectivity index is 1.27. The molecule has 1 saturated carbocycles. The second-order valence-corrected chi connectivity index (χ2v) is 13.4. The van der Waals surface area contributed by atoms with Gasteiger partial charge in [0.15, 0.2) is 10.8 Å². The van der Waals surface area contributed by atoms with Crippen molar-refractivity contribution >= 4 is 48.6 Å². The molecule has 15 heteroatoms. The molecule has 44 heavy (non-hydrogen) atoms. The number of halogens is 1. The molecule has 12 nitrogen and oxygen atoms in total. The van der Waals surface area contributed by atoms with E-state index in [1.165, 1.54) is 35.8 Å². The van der Waals surface area contributed by atoms with Gasteiger partial charge in [-0.25, -0.2) is 27.6 Å². The fourth-order valence-electron chi connectivity index (χ4n) is 4.81. The van der Waals surface area contributed by atoms with Crippen molar-refractivity contribution in [3.8, 4) is 0 Å². The summed E-state index contributed by atoms with van der Waals surface area (Å²) in [5.41, 5.74) is 0.633. The molecule has 1 amide bonds. The summed E-state index contributed by atoms with van der Waals surface area (Å²) in [4.78, 5) is 50.0.